The number of aromatic hydroxyl groups is 1. The van der Waals surface area contributed by atoms with Gasteiger partial charge in [0.2, 0.25) is 0 Å². The van der Waals surface area contributed by atoms with E-state index < -0.39 is 0 Å². The third kappa shape index (κ3) is 2.85. The van der Waals surface area contributed by atoms with Gasteiger partial charge in [-0.1, -0.05) is 23.8 Å². The quantitative estimate of drug-likeness (QED) is 0.664. The molecule has 0 aliphatic heterocycles. The van der Waals surface area contributed by atoms with Gasteiger partial charge in [-0.3, -0.25) is 9.59 Å². The summed E-state index contributed by atoms with van der Waals surface area (Å²) in [5.41, 5.74) is 1.88. The number of anilines is 1. The molecule has 1 amide bonds. The number of phenols is 1. The third-order valence-corrected chi connectivity index (χ3v) is 2.94. The Morgan fingerprint density at radius 3 is 2.45 bits per heavy atom. The van der Waals surface area contributed by atoms with Gasteiger partial charge >= 0.3 is 0 Å². The van der Waals surface area contributed by atoms with E-state index >= 15 is 0 Å². The second kappa shape index (κ2) is 5.57. The molecule has 0 atom stereocenters. The first-order chi connectivity index (χ1) is 9.49. The van der Waals surface area contributed by atoms with Gasteiger partial charge in [0.05, 0.1) is 11.3 Å². The first kappa shape index (κ1) is 13.8. The van der Waals surface area contributed by atoms with Crippen molar-refractivity contribution in [2.75, 3.05) is 5.32 Å². The Hall–Kier alpha value is -2.62. The van der Waals surface area contributed by atoms with Crippen LogP contribution in [-0.4, -0.2) is 16.8 Å². The number of Topliss-reactive ketones (excluding diaryl/α,β-unsaturated/α-hetero) is 1. The highest BCUT2D eigenvalue weighted by molar-refractivity contribution is 6.07. The van der Waals surface area contributed by atoms with Crippen LogP contribution in [0.5, 0.6) is 5.75 Å². The van der Waals surface area contributed by atoms with Crippen LogP contribution in [-0.2, 0) is 0 Å². The van der Waals surface area contributed by atoms with Gasteiger partial charge in [-0.2, -0.15) is 0 Å². The maximum atomic E-state index is 12.1. The van der Waals surface area contributed by atoms with Gasteiger partial charge in [0.15, 0.2) is 5.78 Å². The average molecular weight is 269 g/mol. The number of aryl methyl sites for hydroxylation is 1. The number of phenolic OH excluding ortho intramolecular Hbond substituents is 1. The van der Waals surface area contributed by atoms with Crippen molar-refractivity contribution < 1.29 is 14.7 Å². The van der Waals surface area contributed by atoms with Crippen LogP contribution in [0.15, 0.2) is 42.5 Å². The number of para-hydroxylation sites is 1. The second-order valence-corrected chi connectivity index (χ2v) is 4.58. The molecule has 0 aliphatic carbocycles. The summed E-state index contributed by atoms with van der Waals surface area (Å²) in [6.07, 6.45) is 0. The molecule has 0 unspecified atom stereocenters. The van der Waals surface area contributed by atoms with Gasteiger partial charge in [0.25, 0.3) is 5.91 Å². The predicted molar refractivity (Wildman–Crippen MR) is 77.2 cm³/mol. The molecule has 0 spiro atoms. The molecule has 4 heteroatoms. The molecule has 0 heterocycles. The van der Waals surface area contributed by atoms with Crippen LogP contribution in [0.1, 0.15) is 33.2 Å². The molecular weight excluding hydrogens is 254 g/mol. The highest BCUT2D eigenvalue weighted by Gasteiger charge is 2.13. The standard InChI is InChI=1S/C16H15NO3/c1-10-5-3-6-12(9-10)16(20)17-14-8-4-7-13(11(2)18)15(14)19/h3-9,19H,1-2H3,(H,17,20). The molecule has 0 aromatic heterocycles. The number of hydrogen-bond donors (Lipinski definition) is 2. The summed E-state index contributed by atoms with van der Waals surface area (Å²) in [4.78, 5) is 23.4. The summed E-state index contributed by atoms with van der Waals surface area (Å²) in [6.45, 7) is 3.26. The van der Waals surface area contributed by atoms with Crippen LogP contribution in [0.2, 0.25) is 0 Å². The summed E-state index contributed by atoms with van der Waals surface area (Å²) in [7, 11) is 0. The van der Waals surface area contributed by atoms with Crippen molar-refractivity contribution in [1.29, 1.82) is 0 Å². The zero-order chi connectivity index (χ0) is 14.7. The summed E-state index contributed by atoms with van der Waals surface area (Å²) in [6, 6.07) is 11.8. The van der Waals surface area contributed by atoms with Crippen LogP contribution >= 0.6 is 0 Å². The third-order valence-electron chi connectivity index (χ3n) is 2.94. The molecule has 102 valence electrons. The Kier molecular flexibility index (Phi) is 3.84. The average Bonchev–Trinajstić information content (AvgIpc) is 2.40. The Labute approximate surface area is 117 Å². The largest absolute Gasteiger partial charge is 0.505 e. The fourth-order valence-electron chi connectivity index (χ4n) is 1.91. The summed E-state index contributed by atoms with van der Waals surface area (Å²) < 4.78 is 0. The van der Waals surface area contributed by atoms with Crippen LogP contribution < -0.4 is 5.32 Å². The minimum Gasteiger partial charge on any atom is -0.505 e. The molecule has 0 bridgehead atoms. The molecule has 2 N–H and O–H groups in total. The SMILES string of the molecule is CC(=O)c1cccc(NC(=O)c2cccc(C)c2)c1O. The van der Waals surface area contributed by atoms with Crippen molar-refractivity contribution in [3.8, 4) is 5.75 Å². The number of carbonyl (C=O) groups excluding carboxylic acids is 2. The Bertz CT molecular complexity index is 677. The Balaban J connectivity index is 2.29. The zero-order valence-electron chi connectivity index (χ0n) is 11.3. The van der Waals surface area contributed by atoms with Crippen molar-refractivity contribution in [2.45, 2.75) is 13.8 Å². The van der Waals surface area contributed by atoms with E-state index in [4.69, 9.17) is 0 Å². The molecule has 0 radical (unpaired) electrons. The maximum absolute atomic E-state index is 12.1. The number of amides is 1. The van der Waals surface area contributed by atoms with E-state index in [1.165, 1.54) is 13.0 Å². The van der Waals surface area contributed by atoms with E-state index in [1.807, 2.05) is 13.0 Å². The van der Waals surface area contributed by atoms with E-state index in [0.29, 0.717) is 5.56 Å². The van der Waals surface area contributed by atoms with Crippen molar-refractivity contribution in [2.24, 2.45) is 0 Å². The fraction of sp³-hybridized carbons (Fsp3) is 0.125. The monoisotopic (exact) mass is 269 g/mol. The van der Waals surface area contributed by atoms with Crippen LogP contribution in [0, 0.1) is 6.92 Å². The first-order valence-corrected chi connectivity index (χ1v) is 6.20. The summed E-state index contributed by atoms with van der Waals surface area (Å²) in [5, 5.41) is 12.6. The lowest BCUT2D eigenvalue weighted by molar-refractivity contribution is 0.100. The van der Waals surface area contributed by atoms with Crippen molar-refractivity contribution in [3.05, 3.63) is 59.2 Å². The molecule has 0 fully saturated rings. The lowest BCUT2D eigenvalue weighted by atomic mass is 10.1. The van der Waals surface area contributed by atoms with Crippen LogP contribution in [0.3, 0.4) is 0 Å². The van der Waals surface area contributed by atoms with Gasteiger partial charge in [-0.05, 0) is 38.1 Å². The Morgan fingerprint density at radius 2 is 1.80 bits per heavy atom. The minimum atomic E-state index is -0.329. The first-order valence-electron chi connectivity index (χ1n) is 6.20. The number of ketones is 1. The smallest absolute Gasteiger partial charge is 0.255 e. The number of hydrogen-bond acceptors (Lipinski definition) is 3. The summed E-state index contributed by atoms with van der Waals surface area (Å²) in [5.74, 6) is -0.792. The molecular formula is C16H15NO3. The van der Waals surface area contributed by atoms with Gasteiger partial charge in [-0.25, -0.2) is 0 Å². The van der Waals surface area contributed by atoms with Crippen LogP contribution in [0.25, 0.3) is 0 Å². The molecule has 2 aromatic rings. The van der Waals surface area contributed by atoms with E-state index in [0.717, 1.165) is 5.56 Å². The van der Waals surface area contributed by atoms with Gasteiger partial charge in [-0.15, -0.1) is 0 Å². The van der Waals surface area contributed by atoms with Gasteiger partial charge in [0, 0.05) is 5.56 Å². The molecule has 20 heavy (non-hydrogen) atoms. The highest BCUT2D eigenvalue weighted by atomic mass is 16.3. The molecule has 0 saturated heterocycles. The number of benzene rings is 2. The Morgan fingerprint density at radius 1 is 1.10 bits per heavy atom. The maximum Gasteiger partial charge on any atom is 0.255 e. The van der Waals surface area contributed by atoms with Crippen LogP contribution in [0.4, 0.5) is 5.69 Å². The van der Waals surface area contributed by atoms with E-state index in [9.17, 15) is 14.7 Å². The minimum absolute atomic E-state index is 0.187. The number of nitrogens with one attached hydrogen (secondary N) is 1. The predicted octanol–water partition coefficient (Wildman–Crippen LogP) is 3.16. The van der Waals surface area contributed by atoms with Gasteiger partial charge < -0.3 is 10.4 Å². The molecule has 0 aliphatic rings. The normalized spacial score (nSPS) is 10.1. The molecule has 2 aromatic carbocycles. The van der Waals surface area contributed by atoms with Crippen molar-refractivity contribution in [1.82, 2.24) is 0 Å². The zero-order valence-corrected chi connectivity index (χ0v) is 11.3. The van der Waals surface area contributed by atoms with Crippen molar-refractivity contribution in [3.63, 3.8) is 0 Å². The number of rotatable bonds is 3. The van der Waals surface area contributed by atoms with Crippen molar-refractivity contribution >= 4 is 17.4 Å². The second-order valence-electron chi connectivity index (χ2n) is 4.58. The molecule has 4 nitrogen and oxygen atoms in total. The van der Waals surface area contributed by atoms with E-state index in [2.05, 4.69) is 5.32 Å². The van der Waals surface area contributed by atoms with E-state index in [1.54, 1.807) is 30.3 Å². The molecule has 2 rings (SSSR count). The molecule has 0 saturated carbocycles. The summed E-state index contributed by atoms with van der Waals surface area (Å²) >= 11 is 0. The highest BCUT2D eigenvalue weighted by Crippen LogP contribution is 2.28. The lowest BCUT2D eigenvalue weighted by Gasteiger charge is -2.10. The lowest BCUT2D eigenvalue weighted by Crippen LogP contribution is -2.12. The van der Waals surface area contributed by atoms with Gasteiger partial charge in [0.1, 0.15) is 5.75 Å². The number of carbonyl (C=O) groups is 2. The topological polar surface area (TPSA) is 66.4 Å². The van der Waals surface area contributed by atoms with E-state index in [-0.39, 0.29) is 28.7 Å². The fourth-order valence-corrected chi connectivity index (χ4v) is 1.91.